The van der Waals surface area contributed by atoms with E-state index in [2.05, 4.69) is 15.6 Å². The number of morpholine rings is 1. The van der Waals surface area contributed by atoms with Crippen LogP contribution in [0.15, 0.2) is 48.5 Å². The lowest BCUT2D eigenvalue weighted by atomic mass is 9.96. The zero-order chi connectivity index (χ0) is 22.1. The summed E-state index contributed by atoms with van der Waals surface area (Å²) in [5.74, 6) is 0.399. The predicted octanol–water partition coefficient (Wildman–Crippen LogP) is 1.69. The molecule has 2 amide bonds. The number of ether oxygens (including phenoxy) is 2. The van der Waals surface area contributed by atoms with Gasteiger partial charge >= 0.3 is 0 Å². The fraction of sp³-hybridized carbons (Fsp3) is 0.391. The average molecular weight is 435 g/mol. The summed E-state index contributed by atoms with van der Waals surface area (Å²) in [6.45, 7) is 0.769. The van der Waals surface area contributed by atoms with Crippen LogP contribution in [0.1, 0.15) is 24.4 Å². The van der Waals surface area contributed by atoms with Crippen LogP contribution < -0.4 is 10.1 Å². The molecule has 5 rings (SSSR count). The maximum atomic E-state index is 13.1. The van der Waals surface area contributed by atoms with E-state index < -0.39 is 12.1 Å². The Bertz CT molecular complexity index is 1120. The van der Waals surface area contributed by atoms with E-state index >= 15 is 0 Å². The van der Waals surface area contributed by atoms with Crippen molar-refractivity contribution in [2.24, 2.45) is 0 Å². The first-order chi connectivity index (χ1) is 15.7. The van der Waals surface area contributed by atoms with Gasteiger partial charge in [-0.3, -0.25) is 9.59 Å². The summed E-state index contributed by atoms with van der Waals surface area (Å²) in [5, 5.41) is 11.3. The number of nitrogens with zero attached hydrogens (tertiary/aromatic N) is 4. The van der Waals surface area contributed by atoms with Crippen molar-refractivity contribution in [2.45, 2.75) is 37.6 Å². The van der Waals surface area contributed by atoms with Gasteiger partial charge in [0.15, 0.2) is 6.10 Å². The van der Waals surface area contributed by atoms with Crippen molar-refractivity contribution in [2.75, 3.05) is 20.3 Å². The van der Waals surface area contributed by atoms with Gasteiger partial charge in [-0.1, -0.05) is 29.5 Å². The molecule has 1 saturated carbocycles. The van der Waals surface area contributed by atoms with Gasteiger partial charge in [0.05, 0.1) is 25.2 Å². The van der Waals surface area contributed by atoms with Gasteiger partial charge in [0.25, 0.3) is 5.91 Å². The summed E-state index contributed by atoms with van der Waals surface area (Å²) in [4.78, 5) is 27.7. The molecule has 0 radical (unpaired) electrons. The van der Waals surface area contributed by atoms with Gasteiger partial charge in [0.2, 0.25) is 5.91 Å². The molecule has 1 aromatic heterocycles. The van der Waals surface area contributed by atoms with E-state index in [1.807, 2.05) is 53.4 Å². The molecule has 0 unspecified atom stereocenters. The molecule has 166 valence electrons. The van der Waals surface area contributed by atoms with Crippen molar-refractivity contribution < 1.29 is 19.1 Å². The molecule has 1 N–H and O–H groups in total. The highest BCUT2D eigenvalue weighted by Gasteiger charge is 2.47. The molecule has 2 heterocycles. The van der Waals surface area contributed by atoms with E-state index in [4.69, 9.17) is 9.47 Å². The summed E-state index contributed by atoms with van der Waals surface area (Å²) in [7, 11) is 1.60. The first-order valence-electron chi connectivity index (χ1n) is 10.8. The molecule has 1 aliphatic carbocycles. The van der Waals surface area contributed by atoms with Crippen molar-refractivity contribution in [3.8, 4) is 5.75 Å². The van der Waals surface area contributed by atoms with Crippen LogP contribution >= 0.6 is 0 Å². The molecule has 2 fully saturated rings. The smallest absolute Gasteiger partial charge is 0.251 e. The van der Waals surface area contributed by atoms with E-state index in [0.717, 1.165) is 35.2 Å². The minimum absolute atomic E-state index is 0.0774. The second kappa shape index (κ2) is 8.58. The van der Waals surface area contributed by atoms with E-state index in [9.17, 15) is 9.59 Å². The lowest BCUT2D eigenvalue weighted by molar-refractivity contribution is -0.165. The van der Waals surface area contributed by atoms with E-state index in [-0.39, 0.29) is 24.5 Å². The molecule has 1 saturated heterocycles. The molecule has 9 heteroatoms. The number of rotatable bonds is 7. The highest BCUT2D eigenvalue weighted by Crippen LogP contribution is 2.39. The number of methoxy groups -OCH3 is 1. The van der Waals surface area contributed by atoms with E-state index in [1.165, 1.54) is 0 Å². The van der Waals surface area contributed by atoms with Gasteiger partial charge < -0.3 is 19.7 Å². The lowest BCUT2D eigenvalue weighted by Gasteiger charge is -2.40. The monoisotopic (exact) mass is 435 g/mol. The Morgan fingerprint density at radius 1 is 1.19 bits per heavy atom. The first kappa shape index (κ1) is 20.4. The zero-order valence-corrected chi connectivity index (χ0v) is 17.8. The maximum absolute atomic E-state index is 13.1. The third-order valence-corrected chi connectivity index (χ3v) is 5.96. The van der Waals surface area contributed by atoms with Crippen molar-refractivity contribution in [3.63, 3.8) is 0 Å². The molecule has 2 atom stereocenters. The van der Waals surface area contributed by atoms with Gasteiger partial charge in [0, 0.05) is 12.6 Å². The molecule has 0 bridgehead atoms. The largest absolute Gasteiger partial charge is 0.497 e. The Kier molecular flexibility index (Phi) is 5.48. The number of para-hydroxylation sites is 1. The second-order valence-corrected chi connectivity index (χ2v) is 8.07. The third kappa shape index (κ3) is 3.91. The number of fused-ring (bicyclic) bond motifs is 1. The van der Waals surface area contributed by atoms with Crippen LogP contribution in [0.3, 0.4) is 0 Å². The van der Waals surface area contributed by atoms with Crippen LogP contribution in [0.5, 0.6) is 5.75 Å². The zero-order valence-electron chi connectivity index (χ0n) is 17.8. The number of benzene rings is 2. The van der Waals surface area contributed by atoms with Crippen LogP contribution in [-0.2, 0) is 20.9 Å². The summed E-state index contributed by atoms with van der Waals surface area (Å²) in [6, 6.07) is 14.8. The first-order valence-corrected chi connectivity index (χ1v) is 10.8. The standard InChI is InChI=1S/C23H25N5O4/c1-31-17-10-6-15(7-11-17)21-22(32-14-20(29)28(21)16-8-9-16)23(30)24-12-13-27-19-5-3-2-4-18(19)25-26-27/h2-7,10-11,16,21-22H,8-9,12-14H2,1H3,(H,24,30)/t21-,22+/m1/s1. The SMILES string of the molecule is COc1ccc([C@@H]2[C@@H](C(=O)NCCn3nnc4ccccc43)OCC(=O)N2C2CC2)cc1. The van der Waals surface area contributed by atoms with Gasteiger partial charge in [-0.2, -0.15) is 0 Å². The molecule has 32 heavy (non-hydrogen) atoms. The molecule has 9 nitrogen and oxygen atoms in total. The second-order valence-electron chi connectivity index (χ2n) is 8.07. The van der Waals surface area contributed by atoms with Crippen LogP contribution in [0.2, 0.25) is 0 Å². The number of hydrogen-bond donors (Lipinski definition) is 1. The highest BCUT2D eigenvalue weighted by molar-refractivity contribution is 5.86. The Morgan fingerprint density at radius 3 is 2.72 bits per heavy atom. The van der Waals surface area contributed by atoms with Crippen molar-refractivity contribution in [3.05, 3.63) is 54.1 Å². The fourth-order valence-corrected chi connectivity index (χ4v) is 4.23. The highest BCUT2D eigenvalue weighted by atomic mass is 16.5. The average Bonchev–Trinajstić information content (AvgIpc) is 3.58. The van der Waals surface area contributed by atoms with E-state index in [0.29, 0.717) is 13.1 Å². The Labute approximate surface area is 185 Å². The lowest BCUT2D eigenvalue weighted by Crippen LogP contribution is -2.55. The normalized spacial score (nSPS) is 21.0. The van der Waals surface area contributed by atoms with Crippen LogP contribution in [0.25, 0.3) is 11.0 Å². The predicted molar refractivity (Wildman–Crippen MR) is 116 cm³/mol. The van der Waals surface area contributed by atoms with Crippen molar-refractivity contribution >= 4 is 22.8 Å². The van der Waals surface area contributed by atoms with Gasteiger partial charge in [-0.15, -0.1) is 5.10 Å². The molecular formula is C23H25N5O4. The molecule has 1 aliphatic heterocycles. The number of carbonyl (C=O) groups is 2. The maximum Gasteiger partial charge on any atom is 0.251 e. The summed E-state index contributed by atoms with van der Waals surface area (Å²) in [5.41, 5.74) is 2.58. The Morgan fingerprint density at radius 2 is 1.97 bits per heavy atom. The minimum atomic E-state index is -0.783. The number of amides is 2. The third-order valence-electron chi connectivity index (χ3n) is 5.96. The van der Waals surface area contributed by atoms with Gasteiger partial charge in [-0.05, 0) is 42.7 Å². The van der Waals surface area contributed by atoms with Crippen LogP contribution in [0, 0.1) is 0 Å². The van der Waals surface area contributed by atoms with Gasteiger partial charge in [0.1, 0.15) is 17.9 Å². The molecule has 2 aliphatic rings. The molecule has 0 spiro atoms. The van der Waals surface area contributed by atoms with Crippen LogP contribution in [-0.4, -0.2) is 64.1 Å². The minimum Gasteiger partial charge on any atom is -0.497 e. The summed E-state index contributed by atoms with van der Waals surface area (Å²) < 4.78 is 12.8. The number of aromatic nitrogens is 3. The Hall–Kier alpha value is -3.46. The van der Waals surface area contributed by atoms with Crippen LogP contribution in [0.4, 0.5) is 0 Å². The number of nitrogens with one attached hydrogen (secondary N) is 1. The van der Waals surface area contributed by atoms with Gasteiger partial charge in [-0.25, -0.2) is 4.68 Å². The quantitative estimate of drug-likeness (QED) is 0.606. The number of hydrogen-bond acceptors (Lipinski definition) is 6. The summed E-state index contributed by atoms with van der Waals surface area (Å²) >= 11 is 0. The van der Waals surface area contributed by atoms with Crippen molar-refractivity contribution in [1.29, 1.82) is 0 Å². The molecule has 2 aromatic carbocycles. The summed E-state index contributed by atoms with van der Waals surface area (Å²) in [6.07, 6.45) is 1.12. The fourth-order valence-electron chi connectivity index (χ4n) is 4.23. The van der Waals surface area contributed by atoms with E-state index in [1.54, 1.807) is 11.8 Å². The van der Waals surface area contributed by atoms with Crippen molar-refractivity contribution in [1.82, 2.24) is 25.2 Å². The Balaban J connectivity index is 1.32. The molecular weight excluding hydrogens is 410 g/mol. The topological polar surface area (TPSA) is 98.6 Å². The molecule has 3 aromatic rings. The number of carbonyl (C=O) groups excluding carboxylic acids is 2.